The summed E-state index contributed by atoms with van der Waals surface area (Å²) in [7, 11) is 5.64. The molecule has 1 unspecified atom stereocenters. The predicted molar refractivity (Wildman–Crippen MR) is 157 cm³/mol. The van der Waals surface area contributed by atoms with Crippen LogP contribution in [0.15, 0.2) is 35.1 Å². The van der Waals surface area contributed by atoms with Crippen LogP contribution in [0.25, 0.3) is 11.0 Å². The van der Waals surface area contributed by atoms with Crippen molar-refractivity contribution >= 4 is 22.4 Å². The van der Waals surface area contributed by atoms with Crippen molar-refractivity contribution in [2.45, 2.75) is 50.8 Å². The first-order valence-electron chi connectivity index (χ1n) is 14.1. The Morgan fingerprint density at radius 1 is 1.10 bits per heavy atom. The molecule has 41 heavy (non-hydrogen) atoms. The number of aromatic nitrogens is 2. The summed E-state index contributed by atoms with van der Waals surface area (Å²) in [5, 5.41) is 19.5. The molecule has 9 nitrogen and oxygen atoms in total. The minimum absolute atomic E-state index is 0.0364. The average Bonchev–Trinajstić information content (AvgIpc) is 2.97. The Labute approximate surface area is 240 Å². The molecule has 3 aromatic rings. The fraction of sp³-hybridized carbons (Fsp3) is 0.484. The summed E-state index contributed by atoms with van der Waals surface area (Å²) >= 11 is 0. The van der Waals surface area contributed by atoms with Crippen molar-refractivity contribution in [2.75, 3.05) is 50.1 Å². The van der Waals surface area contributed by atoms with Gasteiger partial charge in [0.2, 0.25) is 0 Å². The molecule has 2 fully saturated rings. The van der Waals surface area contributed by atoms with Crippen LogP contribution in [0.2, 0.25) is 0 Å². The van der Waals surface area contributed by atoms with Crippen LogP contribution in [0.4, 0.5) is 15.8 Å². The van der Waals surface area contributed by atoms with Gasteiger partial charge in [0, 0.05) is 51.5 Å². The number of likely N-dealkylation sites (N-methyl/N-ethyl adjacent to an activating group) is 1. The first kappa shape index (κ1) is 28.5. The molecule has 5 rings (SSSR count). The number of benzene rings is 1. The van der Waals surface area contributed by atoms with E-state index in [0.717, 1.165) is 56.6 Å². The molecule has 2 aliphatic rings. The lowest BCUT2D eigenvalue weighted by Gasteiger charge is -2.44. The van der Waals surface area contributed by atoms with E-state index in [2.05, 4.69) is 34.0 Å². The monoisotopic (exact) mass is 557 g/mol. The van der Waals surface area contributed by atoms with Crippen molar-refractivity contribution in [1.29, 1.82) is 10.5 Å². The molecule has 1 aliphatic carbocycles. The number of halogens is 1. The molecule has 1 aromatic carbocycles. The Bertz CT molecular complexity index is 1580. The quantitative estimate of drug-likeness (QED) is 0.452. The Kier molecular flexibility index (Phi) is 8.25. The molecule has 0 N–H and O–H groups in total. The third kappa shape index (κ3) is 5.63. The molecule has 214 valence electrons. The highest BCUT2D eigenvalue weighted by molar-refractivity contribution is 5.92. The number of anilines is 2. The molecular weight excluding hydrogens is 521 g/mol. The van der Waals surface area contributed by atoms with E-state index < -0.39 is 0 Å². The lowest BCUT2D eigenvalue weighted by molar-refractivity contribution is -0.0159. The molecule has 0 spiro atoms. The SMILES string of the molecule is Cc1cc(F)ccc1N(CC1CN(C)CCO1)[C@H]1CC[C@H](N(C)c2c(C#N)c(=O)n(C)c3ccc(C#N)nc23)CC1. The molecule has 10 heteroatoms. The van der Waals surface area contributed by atoms with E-state index in [1.165, 1.54) is 10.6 Å². The van der Waals surface area contributed by atoms with Crippen LogP contribution in [0.1, 0.15) is 42.5 Å². The summed E-state index contributed by atoms with van der Waals surface area (Å²) in [5.74, 6) is -0.243. The first-order chi connectivity index (χ1) is 19.7. The number of ether oxygens (including phenoxy) is 1. The fourth-order valence-corrected chi connectivity index (χ4v) is 6.42. The van der Waals surface area contributed by atoms with Gasteiger partial charge in [0.05, 0.1) is 23.9 Å². The molecule has 2 aromatic heterocycles. The highest BCUT2D eigenvalue weighted by atomic mass is 19.1. The number of rotatable bonds is 6. The van der Waals surface area contributed by atoms with E-state index in [1.54, 1.807) is 25.2 Å². The zero-order valence-electron chi connectivity index (χ0n) is 24.1. The van der Waals surface area contributed by atoms with Gasteiger partial charge in [-0.1, -0.05) is 0 Å². The third-order valence-corrected chi connectivity index (χ3v) is 8.66. The normalized spacial score (nSPS) is 21.3. The van der Waals surface area contributed by atoms with Crippen molar-refractivity contribution in [2.24, 2.45) is 7.05 Å². The highest BCUT2D eigenvalue weighted by Crippen LogP contribution is 2.35. The maximum absolute atomic E-state index is 14.0. The maximum Gasteiger partial charge on any atom is 0.270 e. The summed E-state index contributed by atoms with van der Waals surface area (Å²) in [6.45, 7) is 5.13. The van der Waals surface area contributed by atoms with Gasteiger partial charge < -0.3 is 24.0 Å². The van der Waals surface area contributed by atoms with Crippen LogP contribution in [0.5, 0.6) is 0 Å². The predicted octanol–water partition coefficient (Wildman–Crippen LogP) is 3.71. The molecule has 1 saturated carbocycles. The number of hydrogen-bond donors (Lipinski definition) is 0. The average molecular weight is 558 g/mol. The molecule has 0 radical (unpaired) electrons. The number of pyridine rings is 2. The molecule has 0 bridgehead atoms. The standard InChI is InChI=1S/C31H36FN7O2/c1-20-15-21(32)5-11-27(20)39(19-25-18-36(2)13-14-41-25)24-9-7-23(8-10-24)37(3)30-26(17-34)31(40)38(4)28-12-6-22(16-33)35-29(28)30/h5-6,11-12,15,23-25H,7-10,13-14,18-19H2,1-4H3/t23-,24-,25?. The van der Waals surface area contributed by atoms with Crippen LogP contribution >= 0.6 is 0 Å². The van der Waals surface area contributed by atoms with E-state index in [0.29, 0.717) is 23.3 Å². The summed E-state index contributed by atoms with van der Waals surface area (Å²) in [6, 6.07) is 12.8. The smallest absolute Gasteiger partial charge is 0.270 e. The second-order valence-electron chi connectivity index (χ2n) is 11.3. The number of hydrogen-bond acceptors (Lipinski definition) is 8. The number of nitrogens with zero attached hydrogens (tertiary/aromatic N) is 7. The van der Waals surface area contributed by atoms with Gasteiger partial charge in [-0.15, -0.1) is 0 Å². The molecule has 0 amide bonds. The summed E-state index contributed by atoms with van der Waals surface area (Å²) in [6.07, 6.45) is 3.50. The number of nitriles is 2. The summed E-state index contributed by atoms with van der Waals surface area (Å²) in [5.41, 5.74) is 3.37. The number of aryl methyl sites for hydroxylation is 2. The van der Waals surface area contributed by atoms with Crippen LogP contribution in [-0.2, 0) is 11.8 Å². The Morgan fingerprint density at radius 3 is 2.49 bits per heavy atom. The van der Waals surface area contributed by atoms with Crippen molar-refractivity contribution in [1.82, 2.24) is 14.5 Å². The van der Waals surface area contributed by atoms with Crippen LogP contribution in [0, 0.1) is 35.4 Å². The topological polar surface area (TPSA) is 101 Å². The van der Waals surface area contributed by atoms with E-state index in [1.807, 2.05) is 24.9 Å². The van der Waals surface area contributed by atoms with Gasteiger partial charge in [0.25, 0.3) is 5.56 Å². The lowest BCUT2D eigenvalue weighted by Crippen LogP contribution is -2.50. The van der Waals surface area contributed by atoms with Crippen LogP contribution < -0.4 is 15.4 Å². The zero-order chi connectivity index (χ0) is 29.3. The van der Waals surface area contributed by atoms with Gasteiger partial charge in [-0.2, -0.15) is 10.5 Å². The van der Waals surface area contributed by atoms with Crippen molar-refractivity contribution in [3.8, 4) is 12.1 Å². The van der Waals surface area contributed by atoms with E-state index in [4.69, 9.17) is 4.74 Å². The van der Waals surface area contributed by atoms with Crippen molar-refractivity contribution in [3.63, 3.8) is 0 Å². The van der Waals surface area contributed by atoms with Crippen molar-refractivity contribution in [3.05, 3.63) is 63.3 Å². The van der Waals surface area contributed by atoms with Gasteiger partial charge in [-0.05, 0) is 75.5 Å². The molecular formula is C31H36FN7O2. The second-order valence-corrected chi connectivity index (χ2v) is 11.3. The minimum Gasteiger partial charge on any atom is -0.374 e. The molecule has 1 aliphatic heterocycles. The van der Waals surface area contributed by atoms with E-state index >= 15 is 0 Å². The van der Waals surface area contributed by atoms with Crippen LogP contribution in [0.3, 0.4) is 0 Å². The zero-order valence-corrected chi connectivity index (χ0v) is 24.1. The Morgan fingerprint density at radius 2 is 1.83 bits per heavy atom. The van der Waals surface area contributed by atoms with Crippen LogP contribution in [-0.4, -0.2) is 73.0 Å². The Hall–Kier alpha value is -3.99. The molecule has 3 heterocycles. The van der Waals surface area contributed by atoms with Gasteiger partial charge in [-0.3, -0.25) is 4.79 Å². The Balaban J connectivity index is 1.43. The van der Waals surface area contributed by atoms with Crippen molar-refractivity contribution < 1.29 is 9.13 Å². The number of fused-ring (bicyclic) bond motifs is 1. The van der Waals surface area contributed by atoms with E-state index in [-0.39, 0.29) is 40.8 Å². The van der Waals surface area contributed by atoms with E-state index in [9.17, 15) is 19.7 Å². The largest absolute Gasteiger partial charge is 0.374 e. The highest BCUT2D eigenvalue weighted by Gasteiger charge is 2.33. The summed E-state index contributed by atoms with van der Waals surface area (Å²) < 4.78 is 21.6. The fourth-order valence-electron chi connectivity index (χ4n) is 6.42. The minimum atomic E-state index is -0.377. The second kappa shape index (κ2) is 11.9. The first-order valence-corrected chi connectivity index (χ1v) is 14.1. The third-order valence-electron chi connectivity index (χ3n) is 8.66. The van der Waals surface area contributed by atoms with Gasteiger partial charge in [-0.25, -0.2) is 9.37 Å². The lowest BCUT2D eigenvalue weighted by atomic mass is 9.88. The van der Waals surface area contributed by atoms with Gasteiger partial charge in [0.15, 0.2) is 0 Å². The number of morpholine rings is 1. The molecule has 1 saturated heterocycles. The van der Waals surface area contributed by atoms with Gasteiger partial charge in [0.1, 0.15) is 34.7 Å². The maximum atomic E-state index is 14.0. The van der Waals surface area contributed by atoms with Gasteiger partial charge >= 0.3 is 0 Å². The molecule has 1 atom stereocenters. The summed E-state index contributed by atoms with van der Waals surface area (Å²) in [4.78, 5) is 24.3.